The van der Waals surface area contributed by atoms with E-state index in [0.717, 1.165) is 33.6 Å². The maximum atomic E-state index is 6.06. The molecule has 136 valence electrons. The van der Waals surface area contributed by atoms with Crippen molar-refractivity contribution in [2.75, 3.05) is 0 Å². The molecule has 3 aromatic rings. The molecule has 0 saturated carbocycles. The maximum absolute atomic E-state index is 6.06. The minimum absolute atomic E-state index is 0.376. The Labute approximate surface area is 167 Å². The topological polar surface area (TPSA) is 39.9 Å². The van der Waals surface area contributed by atoms with Crippen LogP contribution in [0, 0.1) is 13.8 Å². The molecule has 0 unspecified atom stereocenters. The van der Waals surface area contributed by atoms with Crippen LogP contribution in [-0.2, 0) is 19.4 Å². The van der Waals surface area contributed by atoms with Gasteiger partial charge in [0.2, 0.25) is 0 Å². The average Bonchev–Trinajstić information content (AvgIpc) is 2.95. The molecule has 1 heterocycles. The molecule has 0 fully saturated rings. The fourth-order valence-corrected chi connectivity index (χ4v) is 3.67. The molecular formula is C19H19Cl2N3OS. The van der Waals surface area contributed by atoms with Gasteiger partial charge >= 0.3 is 0 Å². The van der Waals surface area contributed by atoms with E-state index in [1.54, 1.807) is 17.8 Å². The zero-order chi connectivity index (χ0) is 18.7. The van der Waals surface area contributed by atoms with E-state index in [0.29, 0.717) is 16.7 Å². The average molecular weight is 408 g/mol. The summed E-state index contributed by atoms with van der Waals surface area (Å²) in [4.78, 5) is 0. The first kappa shape index (κ1) is 19.1. The van der Waals surface area contributed by atoms with Crippen molar-refractivity contribution < 1.29 is 4.74 Å². The van der Waals surface area contributed by atoms with Gasteiger partial charge in [0.15, 0.2) is 11.0 Å². The Hall–Kier alpha value is -1.69. The van der Waals surface area contributed by atoms with Crippen LogP contribution < -0.4 is 4.74 Å². The predicted octanol–water partition coefficient (Wildman–Crippen LogP) is 5.61. The highest BCUT2D eigenvalue weighted by Gasteiger charge is 2.11. The van der Waals surface area contributed by atoms with Crippen molar-refractivity contribution in [1.82, 2.24) is 14.8 Å². The number of halogens is 2. The molecule has 0 atom stereocenters. The lowest BCUT2D eigenvalue weighted by Crippen LogP contribution is -2.05. The SMILES string of the molecule is Cc1ccc(OCc2nnc(SCc3ccc(Cl)c(Cl)c3)n2C)c(C)c1. The van der Waals surface area contributed by atoms with Crippen LogP contribution in [0.4, 0.5) is 0 Å². The molecule has 7 heteroatoms. The van der Waals surface area contributed by atoms with Crippen molar-refractivity contribution in [2.45, 2.75) is 31.4 Å². The van der Waals surface area contributed by atoms with Crippen LogP contribution in [-0.4, -0.2) is 14.8 Å². The molecule has 0 saturated heterocycles. The minimum atomic E-state index is 0.376. The largest absolute Gasteiger partial charge is 0.485 e. The summed E-state index contributed by atoms with van der Waals surface area (Å²) in [6, 6.07) is 11.8. The second-order valence-corrected chi connectivity index (χ2v) is 7.81. The zero-order valence-electron chi connectivity index (χ0n) is 14.8. The van der Waals surface area contributed by atoms with E-state index >= 15 is 0 Å². The van der Waals surface area contributed by atoms with Gasteiger partial charge in [0, 0.05) is 12.8 Å². The van der Waals surface area contributed by atoms with E-state index in [-0.39, 0.29) is 0 Å². The third kappa shape index (κ3) is 4.53. The number of benzene rings is 2. The highest BCUT2D eigenvalue weighted by molar-refractivity contribution is 7.98. The Morgan fingerprint density at radius 1 is 1.04 bits per heavy atom. The summed E-state index contributed by atoms with van der Waals surface area (Å²) in [5.41, 5.74) is 3.41. The first-order valence-corrected chi connectivity index (χ1v) is 9.83. The molecular weight excluding hydrogens is 389 g/mol. The number of thioether (sulfide) groups is 1. The van der Waals surface area contributed by atoms with Gasteiger partial charge in [-0.1, -0.05) is 58.7 Å². The van der Waals surface area contributed by atoms with E-state index in [4.69, 9.17) is 27.9 Å². The van der Waals surface area contributed by atoms with E-state index in [1.165, 1.54) is 5.56 Å². The van der Waals surface area contributed by atoms with Crippen LogP contribution in [0.1, 0.15) is 22.5 Å². The van der Waals surface area contributed by atoms with Gasteiger partial charge in [-0.05, 0) is 43.2 Å². The molecule has 0 aliphatic heterocycles. The van der Waals surface area contributed by atoms with Gasteiger partial charge in [0.1, 0.15) is 12.4 Å². The Kier molecular flexibility index (Phi) is 6.12. The van der Waals surface area contributed by atoms with Gasteiger partial charge in [0.25, 0.3) is 0 Å². The monoisotopic (exact) mass is 407 g/mol. The van der Waals surface area contributed by atoms with E-state index in [1.807, 2.05) is 42.8 Å². The first-order chi connectivity index (χ1) is 12.4. The number of nitrogens with zero attached hydrogens (tertiary/aromatic N) is 3. The highest BCUT2D eigenvalue weighted by Crippen LogP contribution is 2.27. The van der Waals surface area contributed by atoms with Gasteiger partial charge in [0.05, 0.1) is 10.0 Å². The quantitative estimate of drug-likeness (QED) is 0.497. The molecule has 26 heavy (non-hydrogen) atoms. The Morgan fingerprint density at radius 3 is 2.58 bits per heavy atom. The van der Waals surface area contributed by atoms with Crippen molar-refractivity contribution in [3.8, 4) is 5.75 Å². The minimum Gasteiger partial charge on any atom is -0.485 e. The molecule has 0 amide bonds. The van der Waals surface area contributed by atoms with Crippen LogP contribution in [0.25, 0.3) is 0 Å². The second-order valence-electron chi connectivity index (χ2n) is 6.05. The lowest BCUT2D eigenvalue weighted by atomic mass is 10.1. The number of hydrogen-bond donors (Lipinski definition) is 0. The molecule has 3 rings (SSSR count). The molecule has 4 nitrogen and oxygen atoms in total. The summed E-state index contributed by atoms with van der Waals surface area (Å²) in [7, 11) is 1.94. The van der Waals surface area contributed by atoms with Gasteiger partial charge < -0.3 is 9.30 Å². The van der Waals surface area contributed by atoms with Crippen LogP contribution >= 0.6 is 35.0 Å². The molecule has 0 N–H and O–H groups in total. The molecule has 0 spiro atoms. The number of aryl methyl sites for hydroxylation is 2. The Bertz CT molecular complexity index is 927. The number of hydrogen-bond acceptors (Lipinski definition) is 4. The van der Waals surface area contributed by atoms with Crippen LogP contribution in [0.5, 0.6) is 5.75 Å². The molecule has 0 bridgehead atoms. The Balaban J connectivity index is 1.63. The highest BCUT2D eigenvalue weighted by atomic mass is 35.5. The normalized spacial score (nSPS) is 11.0. The summed E-state index contributed by atoms with van der Waals surface area (Å²) in [5, 5.41) is 10.4. The van der Waals surface area contributed by atoms with E-state index in [2.05, 4.69) is 23.2 Å². The third-order valence-electron chi connectivity index (χ3n) is 3.96. The van der Waals surface area contributed by atoms with E-state index in [9.17, 15) is 0 Å². The zero-order valence-corrected chi connectivity index (χ0v) is 17.1. The standard InChI is InChI=1S/C19H19Cl2N3OS/c1-12-4-7-17(13(2)8-12)25-10-18-22-23-19(24(18)3)26-11-14-5-6-15(20)16(21)9-14/h4-9H,10-11H2,1-3H3. The summed E-state index contributed by atoms with van der Waals surface area (Å²) in [6.07, 6.45) is 0. The summed E-state index contributed by atoms with van der Waals surface area (Å²) in [5.74, 6) is 2.38. The number of ether oxygens (including phenoxy) is 1. The van der Waals surface area contributed by atoms with Gasteiger partial charge in [-0.25, -0.2) is 0 Å². The lowest BCUT2D eigenvalue weighted by molar-refractivity contribution is 0.288. The lowest BCUT2D eigenvalue weighted by Gasteiger charge is -2.09. The third-order valence-corrected chi connectivity index (χ3v) is 5.79. The summed E-state index contributed by atoms with van der Waals surface area (Å²) < 4.78 is 7.85. The fourth-order valence-electron chi connectivity index (χ4n) is 2.48. The Morgan fingerprint density at radius 2 is 1.85 bits per heavy atom. The van der Waals surface area contributed by atoms with Gasteiger partial charge in [-0.2, -0.15) is 0 Å². The second kappa shape index (κ2) is 8.33. The van der Waals surface area contributed by atoms with Crippen molar-refractivity contribution in [2.24, 2.45) is 7.05 Å². The summed E-state index contributed by atoms with van der Waals surface area (Å²) >= 11 is 13.6. The maximum Gasteiger partial charge on any atom is 0.191 e. The van der Waals surface area contributed by atoms with Crippen LogP contribution in [0.2, 0.25) is 10.0 Å². The smallest absolute Gasteiger partial charge is 0.191 e. The van der Waals surface area contributed by atoms with Crippen LogP contribution in [0.15, 0.2) is 41.6 Å². The fraction of sp³-hybridized carbons (Fsp3) is 0.263. The van der Waals surface area contributed by atoms with Gasteiger partial charge in [-0.3, -0.25) is 0 Å². The van der Waals surface area contributed by atoms with Crippen LogP contribution in [0.3, 0.4) is 0 Å². The molecule has 0 aliphatic carbocycles. The molecule has 0 aliphatic rings. The number of aromatic nitrogens is 3. The van der Waals surface area contributed by atoms with Crippen molar-refractivity contribution in [3.63, 3.8) is 0 Å². The van der Waals surface area contributed by atoms with E-state index < -0.39 is 0 Å². The molecule has 1 aromatic heterocycles. The van der Waals surface area contributed by atoms with Crippen molar-refractivity contribution in [1.29, 1.82) is 0 Å². The number of rotatable bonds is 6. The molecule has 0 radical (unpaired) electrons. The van der Waals surface area contributed by atoms with Crippen molar-refractivity contribution in [3.05, 3.63) is 69.0 Å². The predicted molar refractivity (Wildman–Crippen MR) is 107 cm³/mol. The molecule has 2 aromatic carbocycles. The van der Waals surface area contributed by atoms with Gasteiger partial charge in [-0.15, -0.1) is 10.2 Å². The van der Waals surface area contributed by atoms with Crippen molar-refractivity contribution >= 4 is 35.0 Å². The first-order valence-electron chi connectivity index (χ1n) is 8.09. The summed E-state index contributed by atoms with van der Waals surface area (Å²) in [6.45, 7) is 4.48.